The maximum atomic E-state index is 11.1. The molecule has 2 aromatic carbocycles. The summed E-state index contributed by atoms with van der Waals surface area (Å²) in [5.41, 5.74) is 1.94. The zero-order chi connectivity index (χ0) is 16.4. The van der Waals surface area contributed by atoms with Crippen molar-refractivity contribution in [2.45, 2.75) is 26.7 Å². The molecule has 0 aliphatic carbocycles. The van der Waals surface area contributed by atoms with E-state index in [9.17, 15) is 9.90 Å². The third kappa shape index (κ3) is 2.77. The molecule has 0 aliphatic rings. The number of carboxylic acid groups (broad SMARTS) is 1. The number of phenols is 1. The largest absolute Gasteiger partial charge is 0.504 e. The van der Waals surface area contributed by atoms with Gasteiger partial charge in [0.1, 0.15) is 0 Å². The summed E-state index contributed by atoms with van der Waals surface area (Å²) < 4.78 is 5.24. The van der Waals surface area contributed by atoms with Gasteiger partial charge in [0.15, 0.2) is 11.5 Å². The van der Waals surface area contributed by atoms with Crippen molar-refractivity contribution in [3.8, 4) is 11.5 Å². The number of aromatic hydroxyl groups is 1. The summed E-state index contributed by atoms with van der Waals surface area (Å²) in [6.45, 7) is 5.64. The lowest BCUT2D eigenvalue weighted by Crippen LogP contribution is -1.97. The lowest BCUT2D eigenvalue weighted by molar-refractivity contribution is -0.132. The van der Waals surface area contributed by atoms with Crippen LogP contribution in [0, 0.1) is 0 Å². The van der Waals surface area contributed by atoms with Crippen molar-refractivity contribution in [3.05, 3.63) is 41.0 Å². The minimum absolute atomic E-state index is 0.0897. The van der Waals surface area contributed by atoms with Crippen molar-refractivity contribution < 1.29 is 19.7 Å². The van der Waals surface area contributed by atoms with Crippen molar-refractivity contribution in [1.82, 2.24) is 0 Å². The van der Waals surface area contributed by atoms with Gasteiger partial charge in [0.2, 0.25) is 0 Å². The van der Waals surface area contributed by atoms with E-state index in [-0.39, 0.29) is 17.2 Å². The van der Waals surface area contributed by atoms with Crippen LogP contribution in [0.25, 0.3) is 16.8 Å². The average Bonchev–Trinajstić information content (AvgIpc) is 2.48. The zero-order valence-electron chi connectivity index (χ0n) is 13.2. The highest BCUT2D eigenvalue weighted by molar-refractivity contribution is 6.02. The monoisotopic (exact) mass is 300 g/mol. The Kier molecular flexibility index (Phi) is 4.40. The highest BCUT2D eigenvalue weighted by Crippen LogP contribution is 2.41. The summed E-state index contributed by atoms with van der Waals surface area (Å²) >= 11 is 0. The zero-order valence-corrected chi connectivity index (χ0v) is 13.2. The molecule has 0 fully saturated rings. The summed E-state index contributed by atoms with van der Waals surface area (Å²) in [5, 5.41) is 21.1. The van der Waals surface area contributed by atoms with Gasteiger partial charge in [-0.05, 0) is 41.5 Å². The molecule has 0 radical (unpaired) electrons. The molecule has 4 heteroatoms. The van der Waals surface area contributed by atoms with Crippen LogP contribution in [0.5, 0.6) is 11.5 Å². The second kappa shape index (κ2) is 6.10. The standard InChI is InChI=1S/C18H20O4/c1-10(2)13-6-5-7-14-12(8-11(3)18(20)21)9-15(22-4)17(19)16(13)14/h5-10,19H,1-4H3,(H,20,21)/b11-8+. The van der Waals surface area contributed by atoms with Crippen LogP contribution >= 0.6 is 0 Å². The van der Waals surface area contributed by atoms with E-state index < -0.39 is 5.97 Å². The smallest absolute Gasteiger partial charge is 0.331 e. The Morgan fingerprint density at radius 2 is 2.00 bits per heavy atom. The van der Waals surface area contributed by atoms with E-state index in [4.69, 9.17) is 9.84 Å². The van der Waals surface area contributed by atoms with Gasteiger partial charge in [0.05, 0.1) is 7.11 Å². The molecule has 0 spiro atoms. The van der Waals surface area contributed by atoms with Crippen molar-refractivity contribution in [2.75, 3.05) is 7.11 Å². The third-order valence-corrected chi connectivity index (χ3v) is 3.72. The molecule has 0 unspecified atom stereocenters. The summed E-state index contributed by atoms with van der Waals surface area (Å²) in [7, 11) is 1.48. The molecule has 4 nitrogen and oxygen atoms in total. The van der Waals surface area contributed by atoms with E-state index in [0.29, 0.717) is 16.7 Å². The Hall–Kier alpha value is -2.49. The van der Waals surface area contributed by atoms with Crippen LogP contribution in [0.15, 0.2) is 29.8 Å². The molecule has 0 saturated carbocycles. The Labute approximate surface area is 129 Å². The first-order valence-electron chi connectivity index (χ1n) is 7.11. The van der Waals surface area contributed by atoms with Crippen LogP contribution in [0.1, 0.15) is 37.8 Å². The molecular formula is C18H20O4. The van der Waals surface area contributed by atoms with Crippen LogP contribution in [0.3, 0.4) is 0 Å². The lowest BCUT2D eigenvalue weighted by atomic mass is 9.92. The fourth-order valence-electron chi connectivity index (χ4n) is 2.54. The molecule has 0 bridgehead atoms. The summed E-state index contributed by atoms with van der Waals surface area (Å²) in [5.74, 6) is -0.323. The number of hydrogen-bond donors (Lipinski definition) is 2. The van der Waals surface area contributed by atoms with E-state index in [1.54, 1.807) is 19.1 Å². The summed E-state index contributed by atoms with van der Waals surface area (Å²) in [6, 6.07) is 7.41. The van der Waals surface area contributed by atoms with E-state index in [2.05, 4.69) is 0 Å². The van der Waals surface area contributed by atoms with Gasteiger partial charge in [0.25, 0.3) is 0 Å². The second-order valence-electron chi connectivity index (χ2n) is 5.57. The first-order valence-corrected chi connectivity index (χ1v) is 7.11. The maximum absolute atomic E-state index is 11.1. The second-order valence-corrected chi connectivity index (χ2v) is 5.57. The van der Waals surface area contributed by atoms with Crippen molar-refractivity contribution >= 4 is 22.8 Å². The van der Waals surface area contributed by atoms with E-state index in [1.807, 2.05) is 32.0 Å². The summed E-state index contributed by atoms with van der Waals surface area (Å²) in [6.07, 6.45) is 1.59. The Morgan fingerprint density at radius 3 is 2.55 bits per heavy atom. The maximum Gasteiger partial charge on any atom is 0.331 e. The quantitative estimate of drug-likeness (QED) is 0.832. The van der Waals surface area contributed by atoms with Gasteiger partial charge >= 0.3 is 5.97 Å². The van der Waals surface area contributed by atoms with E-state index in [1.165, 1.54) is 7.11 Å². The van der Waals surface area contributed by atoms with Gasteiger partial charge in [0, 0.05) is 11.0 Å². The molecule has 0 atom stereocenters. The van der Waals surface area contributed by atoms with Gasteiger partial charge in [-0.3, -0.25) is 0 Å². The molecule has 0 heterocycles. The summed E-state index contributed by atoms with van der Waals surface area (Å²) in [4.78, 5) is 11.1. The minimum Gasteiger partial charge on any atom is -0.504 e. The molecule has 0 aliphatic heterocycles. The number of methoxy groups -OCH3 is 1. The van der Waals surface area contributed by atoms with Crippen LogP contribution in [-0.2, 0) is 4.79 Å². The van der Waals surface area contributed by atoms with Crippen LogP contribution in [0.2, 0.25) is 0 Å². The predicted octanol–water partition coefficient (Wildman–Crippen LogP) is 4.17. The number of carbonyl (C=O) groups is 1. The lowest BCUT2D eigenvalue weighted by Gasteiger charge is -2.16. The molecular weight excluding hydrogens is 280 g/mol. The number of hydrogen-bond acceptors (Lipinski definition) is 3. The number of aliphatic carboxylic acids is 1. The highest BCUT2D eigenvalue weighted by Gasteiger charge is 2.16. The fourth-order valence-corrected chi connectivity index (χ4v) is 2.54. The van der Waals surface area contributed by atoms with Crippen molar-refractivity contribution in [1.29, 1.82) is 0 Å². The van der Waals surface area contributed by atoms with Gasteiger partial charge in [-0.25, -0.2) is 4.79 Å². The molecule has 2 N–H and O–H groups in total. The van der Waals surface area contributed by atoms with Crippen molar-refractivity contribution in [2.24, 2.45) is 0 Å². The molecule has 116 valence electrons. The van der Waals surface area contributed by atoms with Gasteiger partial charge < -0.3 is 14.9 Å². The molecule has 0 aromatic heterocycles. The third-order valence-electron chi connectivity index (χ3n) is 3.72. The minimum atomic E-state index is -0.972. The predicted molar refractivity (Wildman–Crippen MR) is 87.5 cm³/mol. The molecule has 22 heavy (non-hydrogen) atoms. The van der Waals surface area contributed by atoms with Crippen LogP contribution in [-0.4, -0.2) is 23.3 Å². The molecule has 2 rings (SSSR count). The Morgan fingerprint density at radius 1 is 1.32 bits per heavy atom. The topological polar surface area (TPSA) is 66.8 Å². The first kappa shape index (κ1) is 15.9. The number of benzene rings is 2. The molecule has 2 aromatic rings. The van der Waals surface area contributed by atoms with Crippen molar-refractivity contribution in [3.63, 3.8) is 0 Å². The SMILES string of the molecule is COc1cc(/C=C(\C)C(=O)O)c2cccc(C(C)C)c2c1O. The van der Waals surface area contributed by atoms with E-state index >= 15 is 0 Å². The number of ether oxygens (including phenoxy) is 1. The van der Waals surface area contributed by atoms with Gasteiger partial charge in [-0.15, -0.1) is 0 Å². The Balaban J connectivity index is 2.89. The average molecular weight is 300 g/mol. The first-order chi connectivity index (χ1) is 10.4. The van der Waals surface area contributed by atoms with E-state index in [0.717, 1.165) is 10.9 Å². The van der Waals surface area contributed by atoms with Crippen LogP contribution in [0.4, 0.5) is 0 Å². The number of rotatable bonds is 4. The normalized spacial score (nSPS) is 12.0. The number of phenolic OH excluding ortho intramolecular Hbond substituents is 1. The van der Waals surface area contributed by atoms with Crippen LogP contribution < -0.4 is 4.74 Å². The molecule has 0 saturated heterocycles. The number of fused-ring (bicyclic) bond motifs is 1. The number of carboxylic acids is 1. The highest BCUT2D eigenvalue weighted by atomic mass is 16.5. The van der Waals surface area contributed by atoms with Gasteiger partial charge in [-0.1, -0.05) is 32.0 Å². The fraction of sp³-hybridized carbons (Fsp3) is 0.278. The Bertz CT molecular complexity index is 757. The molecule has 0 amide bonds. The van der Waals surface area contributed by atoms with Gasteiger partial charge in [-0.2, -0.15) is 0 Å².